The number of likely N-dealkylation sites (tertiary alicyclic amines) is 2. The molecule has 2 fully saturated rings. The van der Waals surface area contributed by atoms with E-state index >= 15 is 0 Å². The quantitative estimate of drug-likeness (QED) is 0.491. The Bertz CT molecular complexity index is 681. The molecule has 9 nitrogen and oxygen atoms in total. The van der Waals surface area contributed by atoms with Crippen LogP contribution in [0.15, 0.2) is 0 Å². The van der Waals surface area contributed by atoms with Crippen LogP contribution in [0.2, 0.25) is 0 Å². The van der Waals surface area contributed by atoms with Gasteiger partial charge < -0.3 is 26.0 Å². The summed E-state index contributed by atoms with van der Waals surface area (Å²) in [4.78, 5) is 53.5. The predicted molar refractivity (Wildman–Crippen MR) is 116 cm³/mol. The lowest BCUT2D eigenvalue weighted by atomic mass is 10.0. The van der Waals surface area contributed by atoms with Crippen molar-refractivity contribution in [2.75, 3.05) is 13.1 Å². The van der Waals surface area contributed by atoms with Gasteiger partial charge in [-0.2, -0.15) is 0 Å². The average molecular weight is 439 g/mol. The maximum absolute atomic E-state index is 13.1. The van der Waals surface area contributed by atoms with Crippen molar-refractivity contribution in [3.8, 4) is 0 Å². The van der Waals surface area contributed by atoms with Gasteiger partial charge in [-0.15, -0.1) is 0 Å². The average Bonchev–Trinajstić information content (AvgIpc) is 3.34. The lowest BCUT2D eigenvalue weighted by molar-refractivity contribution is -0.150. The summed E-state index contributed by atoms with van der Waals surface area (Å²) in [6, 6.07) is -2.96. The monoisotopic (exact) mass is 438 g/mol. The maximum Gasteiger partial charge on any atom is 0.326 e. The van der Waals surface area contributed by atoms with Crippen molar-refractivity contribution < 1.29 is 24.3 Å². The van der Waals surface area contributed by atoms with Gasteiger partial charge in [0.1, 0.15) is 18.1 Å². The van der Waals surface area contributed by atoms with Crippen molar-refractivity contribution in [2.24, 2.45) is 17.6 Å². The van der Waals surface area contributed by atoms with Crippen molar-refractivity contribution in [3.05, 3.63) is 0 Å². The van der Waals surface area contributed by atoms with Crippen LogP contribution in [0.25, 0.3) is 0 Å². The van der Waals surface area contributed by atoms with Crippen molar-refractivity contribution in [1.29, 1.82) is 0 Å². The summed E-state index contributed by atoms with van der Waals surface area (Å²) in [5, 5.41) is 12.3. The number of nitrogens with two attached hydrogens (primary N) is 1. The van der Waals surface area contributed by atoms with Crippen LogP contribution in [-0.2, 0) is 19.2 Å². The van der Waals surface area contributed by atoms with Crippen LogP contribution in [-0.4, -0.2) is 75.9 Å². The van der Waals surface area contributed by atoms with E-state index in [1.54, 1.807) is 0 Å². The third-order valence-corrected chi connectivity index (χ3v) is 6.02. The Kier molecular flexibility index (Phi) is 8.85. The largest absolute Gasteiger partial charge is 0.480 e. The molecule has 2 aliphatic rings. The number of amides is 3. The summed E-state index contributed by atoms with van der Waals surface area (Å²) in [7, 11) is 0. The van der Waals surface area contributed by atoms with Gasteiger partial charge in [-0.25, -0.2) is 4.79 Å². The first-order chi connectivity index (χ1) is 14.5. The number of rotatable bonds is 9. The minimum atomic E-state index is -1.02. The molecule has 0 aromatic carbocycles. The van der Waals surface area contributed by atoms with Gasteiger partial charge in [0.05, 0.1) is 6.04 Å². The smallest absolute Gasteiger partial charge is 0.326 e. The van der Waals surface area contributed by atoms with Gasteiger partial charge >= 0.3 is 5.97 Å². The van der Waals surface area contributed by atoms with Crippen molar-refractivity contribution in [2.45, 2.75) is 90.4 Å². The number of hydrogen-bond donors (Lipinski definition) is 3. The van der Waals surface area contributed by atoms with Crippen LogP contribution in [0, 0.1) is 11.8 Å². The summed E-state index contributed by atoms with van der Waals surface area (Å²) in [5.41, 5.74) is 6.06. The Morgan fingerprint density at radius 1 is 0.903 bits per heavy atom. The van der Waals surface area contributed by atoms with E-state index in [9.17, 15) is 24.3 Å². The van der Waals surface area contributed by atoms with E-state index in [0.29, 0.717) is 51.6 Å². The minimum Gasteiger partial charge on any atom is -0.480 e. The number of hydrogen-bond acceptors (Lipinski definition) is 5. The van der Waals surface area contributed by atoms with Crippen molar-refractivity contribution >= 4 is 23.7 Å². The molecular formula is C22H38N4O5. The molecule has 0 aromatic heterocycles. The van der Waals surface area contributed by atoms with E-state index in [0.717, 1.165) is 0 Å². The molecule has 31 heavy (non-hydrogen) atoms. The van der Waals surface area contributed by atoms with Crippen molar-refractivity contribution in [1.82, 2.24) is 15.1 Å². The van der Waals surface area contributed by atoms with E-state index in [2.05, 4.69) is 5.32 Å². The first-order valence-corrected chi connectivity index (χ1v) is 11.4. The van der Waals surface area contributed by atoms with Gasteiger partial charge in [0.25, 0.3) is 0 Å². The maximum atomic E-state index is 13.1. The molecule has 0 aliphatic carbocycles. The molecule has 0 bridgehead atoms. The molecule has 0 spiro atoms. The third kappa shape index (κ3) is 6.41. The molecule has 2 heterocycles. The summed E-state index contributed by atoms with van der Waals surface area (Å²) >= 11 is 0. The number of nitrogens with one attached hydrogen (secondary N) is 1. The van der Waals surface area contributed by atoms with E-state index < -0.39 is 30.1 Å². The number of carbonyl (C=O) groups excluding carboxylic acids is 3. The lowest BCUT2D eigenvalue weighted by Crippen LogP contribution is -2.57. The zero-order chi connectivity index (χ0) is 23.3. The number of carbonyl (C=O) groups is 4. The molecule has 176 valence electrons. The highest BCUT2D eigenvalue weighted by atomic mass is 16.4. The SMILES string of the molecule is CC(C)C[C@H](NC(=O)[C@@H]1CCCN1C(=O)[C@@H](N)CC(C)C)C(=O)N1CCC[C@H]1C(=O)O. The number of nitrogens with zero attached hydrogens (tertiary/aromatic N) is 2. The lowest BCUT2D eigenvalue weighted by Gasteiger charge is -2.31. The first-order valence-electron chi connectivity index (χ1n) is 11.4. The van der Waals surface area contributed by atoms with Gasteiger partial charge in [0, 0.05) is 13.1 Å². The normalized spacial score (nSPS) is 23.3. The second-order valence-electron chi connectivity index (χ2n) is 9.64. The Balaban J connectivity index is 2.11. The first kappa shape index (κ1) is 25.1. The highest BCUT2D eigenvalue weighted by molar-refractivity contribution is 5.94. The van der Waals surface area contributed by atoms with Crippen LogP contribution >= 0.6 is 0 Å². The number of aliphatic carboxylic acids is 1. The Hall–Kier alpha value is -2.16. The van der Waals surface area contributed by atoms with Gasteiger partial charge in [-0.1, -0.05) is 27.7 Å². The standard InChI is InChI=1S/C22H38N4O5/c1-13(2)11-15(23)20(28)25-9-5-7-17(25)19(27)24-16(12-14(3)4)21(29)26-10-6-8-18(26)22(30)31/h13-18H,5-12,23H2,1-4H3,(H,24,27)(H,30,31)/t15-,16-,17-,18-/m0/s1. The Labute approximate surface area is 184 Å². The fraction of sp³-hybridized carbons (Fsp3) is 0.818. The second kappa shape index (κ2) is 10.9. The molecule has 0 radical (unpaired) electrons. The van der Waals surface area contributed by atoms with Gasteiger partial charge in [-0.3, -0.25) is 14.4 Å². The summed E-state index contributed by atoms with van der Waals surface area (Å²) in [5.74, 6) is -1.59. The fourth-order valence-corrected chi connectivity index (χ4v) is 4.57. The molecule has 2 rings (SSSR count). The molecule has 4 atom stereocenters. The van der Waals surface area contributed by atoms with E-state index in [-0.39, 0.29) is 29.6 Å². The molecule has 9 heteroatoms. The zero-order valence-electron chi connectivity index (χ0n) is 19.2. The Morgan fingerprint density at radius 2 is 1.42 bits per heavy atom. The highest BCUT2D eigenvalue weighted by Crippen LogP contribution is 2.23. The van der Waals surface area contributed by atoms with Crippen LogP contribution in [0.4, 0.5) is 0 Å². The summed E-state index contributed by atoms with van der Waals surface area (Å²) in [6.45, 7) is 8.72. The van der Waals surface area contributed by atoms with Crippen LogP contribution < -0.4 is 11.1 Å². The fourth-order valence-electron chi connectivity index (χ4n) is 4.57. The summed E-state index contributed by atoms with van der Waals surface area (Å²) < 4.78 is 0. The predicted octanol–water partition coefficient (Wildman–Crippen LogP) is 0.957. The zero-order valence-corrected chi connectivity index (χ0v) is 19.2. The molecule has 0 aromatic rings. The van der Waals surface area contributed by atoms with E-state index in [1.165, 1.54) is 9.80 Å². The summed E-state index contributed by atoms with van der Waals surface area (Å²) in [6.07, 6.45) is 3.22. The van der Waals surface area contributed by atoms with Gasteiger partial charge in [0.2, 0.25) is 17.7 Å². The molecule has 0 unspecified atom stereocenters. The van der Waals surface area contributed by atoms with Crippen LogP contribution in [0.3, 0.4) is 0 Å². The molecular weight excluding hydrogens is 400 g/mol. The minimum absolute atomic E-state index is 0.126. The van der Waals surface area contributed by atoms with E-state index in [4.69, 9.17) is 5.73 Å². The topological polar surface area (TPSA) is 133 Å². The van der Waals surface area contributed by atoms with Gasteiger partial charge in [0.15, 0.2) is 0 Å². The number of carboxylic acid groups (broad SMARTS) is 1. The molecule has 0 saturated carbocycles. The number of carboxylic acids is 1. The molecule has 4 N–H and O–H groups in total. The molecule has 3 amide bonds. The third-order valence-electron chi connectivity index (χ3n) is 6.02. The van der Waals surface area contributed by atoms with Crippen LogP contribution in [0.1, 0.15) is 66.2 Å². The van der Waals surface area contributed by atoms with Crippen molar-refractivity contribution in [3.63, 3.8) is 0 Å². The van der Waals surface area contributed by atoms with Gasteiger partial charge in [-0.05, 0) is 50.4 Å². The van der Waals surface area contributed by atoms with E-state index in [1.807, 2.05) is 27.7 Å². The molecule has 2 aliphatic heterocycles. The second-order valence-corrected chi connectivity index (χ2v) is 9.64. The van der Waals surface area contributed by atoms with Crippen LogP contribution in [0.5, 0.6) is 0 Å². The Morgan fingerprint density at radius 3 is 1.94 bits per heavy atom. The highest BCUT2D eigenvalue weighted by Gasteiger charge is 2.41. The molecule has 2 saturated heterocycles.